The van der Waals surface area contributed by atoms with Gasteiger partial charge in [0, 0.05) is 22.7 Å². The Labute approximate surface area is 123 Å². The fourth-order valence-electron chi connectivity index (χ4n) is 1.74. The van der Waals surface area contributed by atoms with Crippen LogP contribution in [0.25, 0.3) is 6.08 Å². The maximum absolute atomic E-state index is 13.8. The fourth-order valence-corrected chi connectivity index (χ4v) is 1.74. The van der Waals surface area contributed by atoms with Gasteiger partial charge < -0.3 is 10.4 Å². The number of hydrogen-bond donors (Lipinski definition) is 2. The van der Waals surface area contributed by atoms with Crippen molar-refractivity contribution in [3.05, 3.63) is 41.2 Å². The molecule has 1 rings (SSSR count). The van der Waals surface area contributed by atoms with Gasteiger partial charge in [0.2, 0.25) is 0 Å². The molecule has 0 aromatic heterocycles. The number of carboxylic acids is 1. The second-order valence-electron chi connectivity index (χ2n) is 5.13. The molecule has 0 bridgehead atoms. The number of carbonyl (C=O) groups is 2. The van der Waals surface area contributed by atoms with Crippen molar-refractivity contribution in [1.29, 1.82) is 0 Å². The minimum absolute atomic E-state index is 0.127. The normalized spacial score (nSPS) is 11.6. The number of nitrogens with one attached hydrogen (secondary N) is 1. The van der Waals surface area contributed by atoms with E-state index < -0.39 is 11.8 Å². The van der Waals surface area contributed by atoms with Gasteiger partial charge in [-0.2, -0.15) is 0 Å². The third kappa shape index (κ3) is 4.70. The van der Waals surface area contributed by atoms with Crippen LogP contribution in [0.4, 0.5) is 4.39 Å². The van der Waals surface area contributed by atoms with Crippen molar-refractivity contribution in [3.8, 4) is 0 Å². The molecule has 0 unspecified atom stereocenters. The van der Waals surface area contributed by atoms with Gasteiger partial charge >= 0.3 is 5.97 Å². The predicted molar refractivity (Wildman–Crippen MR) is 79.5 cm³/mol. The summed E-state index contributed by atoms with van der Waals surface area (Å²) in [4.78, 5) is 22.5. The summed E-state index contributed by atoms with van der Waals surface area (Å²) in [5, 5.41) is 11.4. The van der Waals surface area contributed by atoms with Crippen LogP contribution >= 0.6 is 0 Å². The molecular formula is C16H20FNO3. The summed E-state index contributed by atoms with van der Waals surface area (Å²) in [6, 6.07) is 3.98. The number of hydrogen-bond acceptors (Lipinski definition) is 2. The van der Waals surface area contributed by atoms with E-state index in [1.807, 2.05) is 20.8 Å². The van der Waals surface area contributed by atoms with Gasteiger partial charge in [0.1, 0.15) is 5.82 Å². The van der Waals surface area contributed by atoms with E-state index in [4.69, 9.17) is 5.11 Å². The van der Waals surface area contributed by atoms with Crippen LogP contribution < -0.4 is 5.32 Å². The summed E-state index contributed by atoms with van der Waals surface area (Å²) in [5.74, 6) is -2.12. The molecule has 4 nitrogen and oxygen atoms in total. The first-order valence-corrected chi connectivity index (χ1v) is 6.84. The third-order valence-electron chi connectivity index (χ3n) is 3.64. The van der Waals surface area contributed by atoms with Crippen molar-refractivity contribution in [1.82, 2.24) is 5.32 Å². The van der Waals surface area contributed by atoms with Crippen LogP contribution in [0.2, 0.25) is 0 Å². The van der Waals surface area contributed by atoms with Crippen LogP contribution in [-0.4, -0.2) is 22.5 Å². The standard InChI is InChI=1S/C16H20FNO3/c1-4-16(3,5-2)18-15(21)12-7-6-11(13(17)10-12)8-9-14(19)20/h6-10H,4-5H2,1-3H3,(H,18,21)(H,19,20)/b9-8+. The highest BCUT2D eigenvalue weighted by Crippen LogP contribution is 2.17. The number of benzene rings is 1. The smallest absolute Gasteiger partial charge is 0.328 e. The monoisotopic (exact) mass is 293 g/mol. The van der Waals surface area contributed by atoms with Crippen molar-refractivity contribution in [2.45, 2.75) is 39.2 Å². The van der Waals surface area contributed by atoms with E-state index in [1.54, 1.807) is 0 Å². The number of rotatable bonds is 6. The van der Waals surface area contributed by atoms with Crippen molar-refractivity contribution in [2.24, 2.45) is 0 Å². The first kappa shape index (κ1) is 16.9. The van der Waals surface area contributed by atoms with Crippen LogP contribution in [0.15, 0.2) is 24.3 Å². The lowest BCUT2D eigenvalue weighted by Gasteiger charge is -2.28. The van der Waals surface area contributed by atoms with Gasteiger partial charge in [-0.3, -0.25) is 4.79 Å². The maximum Gasteiger partial charge on any atom is 0.328 e. The molecule has 0 aliphatic heterocycles. The van der Waals surface area contributed by atoms with Crippen LogP contribution in [0.1, 0.15) is 49.5 Å². The average Bonchev–Trinajstić information content (AvgIpc) is 2.45. The molecule has 0 saturated heterocycles. The summed E-state index contributed by atoms with van der Waals surface area (Å²) in [5.41, 5.74) is 0.0194. The molecule has 0 fully saturated rings. The summed E-state index contributed by atoms with van der Waals surface area (Å²) in [7, 11) is 0. The Kier molecular flexibility index (Phi) is 5.64. The lowest BCUT2D eigenvalue weighted by atomic mass is 9.95. The highest BCUT2D eigenvalue weighted by Gasteiger charge is 2.22. The molecule has 0 heterocycles. The molecule has 0 aliphatic carbocycles. The Bertz CT molecular complexity index is 563. The molecule has 0 saturated carbocycles. The molecule has 114 valence electrons. The number of aliphatic carboxylic acids is 1. The van der Waals surface area contributed by atoms with Gasteiger partial charge in [0.25, 0.3) is 5.91 Å². The van der Waals surface area contributed by atoms with Crippen LogP contribution in [-0.2, 0) is 4.79 Å². The minimum Gasteiger partial charge on any atom is -0.478 e. The van der Waals surface area contributed by atoms with Gasteiger partial charge in [-0.05, 0) is 38.0 Å². The molecule has 1 aromatic rings. The van der Waals surface area contributed by atoms with Gasteiger partial charge in [-0.25, -0.2) is 9.18 Å². The largest absolute Gasteiger partial charge is 0.478 e. The highest BCUT2D eigenvalue weighted by atomic mass is 19.1. The van der Waals surface area contributed by atoms with E-state index in [2.05, 4.69) is 5.32 Å². The van der Waals surface area contributed by atoms with Crippen LogP contribution in [0.3, 0.4) is 0 Å². The predicted octanol–water partition coefficient (Wildman–Crippen LogP) is 3.23. The molecule has 0 spiro atoms. The molecule has 0 atom stereocenters. The van der Waals surface area contributed by atoms with Crippen molar-refractivity contribution >= 4 is 18.0 Å². The summed E-state index contributed by atoms with van der Waals surface area (Å²) < 4.78 is 13.8. The van der Waals surface area contributed by atoms with E-state index in [9.17, 15) is 14.0 Å². The molecule has 1 aromatic carbocycles. The molecule has 1 amide bonds. The fraction of sp³-hybridized carbons (Fsp3) is 0.375. The Morgan fingerprint density at radius 3 is 2.43 bits per heavy atom. The van der Waals surface area contributed by atoms with E-state index in [1.165, 1.54) is 12.1 Å². The van der Waals surface area contributed by atoms with Crippen molar-refractivity contribution in [3.63, 3.8) is 0 Å². The lowest BCUT2D eigenvalue weighted by molar-refractivity contribution is -0.131. The maximum atomic E-state index is 13.8. The molecular weight excluding hydrogens is 273 g/mol. The molecule has 0 aliphatic rings. The Morgan fingerprint density at radius 1 is 1.33 bits per heavy atom. The molecule has 21 heavy (non-hydrogen) atoms. The SMILES string of the molecule is CCC(C)(CC)NC(=O)c1ccc(/C=C/C(=O)O)c(F)c1. The van der Waals surface area contributed by atoms with Crippen LogP contribution in [0.5, 0.6) is 0 Å². The number of carbonyl (C=O) groups excluding carboxylic acids is 1. The lowest BCUT2D eigenvalue weighted by Crippen LogP contribution is -2.44. The second-order valence-corrected chi connectivity index (χ2v) is 5.13. The van der Waals surface area contributed by atoms with E-state index in [0.717, 1.165) is 31.1 Å². The first-order chi connectivity index (χ1) is 9.81. The van der Waals surface area contributed by atoms with Gasteiger partial charge in [-0.1, -0.05) is 19.9 Å². The van der Waals surface area contributed by atoms with Gasteiger partial charge in [0.05, 0.1) is 0 Å². The van der Waals surface area contributed by atoms with E-state index in [-0.39, 0.29) is 22.6 Å². The Balaban J connectivity index is 2.93. The Morgan fingerprint density at radius 2 is 1.95 bits per heavy atom. The number of amides is 1. The first-order valence-electron chi connectivity index (χ1n) is 6.84. The zero-order valence-electron chi connectivity index (χ0n) is 12.4. The molecule has 5 heteroatoms. The molecule has 0 radical (unpaired) electrons. The number of halogens is 1. The summed E-state index contributed by atoms with van der Waals surface area (Å²) in [6.45, 7) is 5.89. The van der Waals surface area contributed by atoms with E-state index in [0.29, 0.717) is 0 Å². The topological polar surface area (TPSA) is 66.4 Å². The van der Waals surface area contributed by atoms with Gasteiger partial charge in [-0.15, -0.1) is 0 Å². The average molecular weight is 293 g/mol. The van der Waals surface area contributed by atoms with Crippen LogP contribution in [0, 0.1) is 5.82 Å². The summed E-state index contributed by atoms with van der Waals surface area (Å²) >= 11 is 0. The van der Waals surface area contributed by atoms with E-state index >= 15 is 0 Å². The van der Waals surface area contributed by atoms with Gasteiger partial charge in [0.15, 0.2) is 0 Å². The minimum atomic E-state index is -1.15. The van der Waals surface area contributed by atoms with Crippen molar-refractivity contribution < 1.29 is 19.1 Å². The van der Waals surface area contributed by atoms with Crippen molar-refractivity contribution in [2.75, 3.05) is 0 Å². The second kappa shape index (κ2) is 7.02. The number of carboxylic acid groups (broad SMARTS) is 1. The highest BCUT2D eigenvalue weighted by molar-refractivity contribution is 5.95. The molecule has 2 N–H and O–H groups in total. The zero-order valence-corrected chi connectivity index (χ0v) is 12.4. The quantitative estimate of drug-likeness (QED) is 0.791. The zero-order chi connectivity index (χ0) is 16.0. The third-order valence-corrected chi connectivity index (χ3v) is 3.64. The summed E-state index contributed by atoms with van der Waals surface area (Å²) in [6.07, 6.45) is 3.55. The Hall–Kier alpha value is -2.17.